The van der Waals surface area contributed by atoms with E-state index < -0.39 is 18.2 Å². The van der Waals surface area contributed by atoms with Gasteiger partial charge in [-0.05, 0) is 36.2 Å². The molecule has 7 heteroatoms. The number of hydrogen-bond acceptors (Lipinski definition) is 1. The highest BCUT2D eigenvalue weighted by atomic mass is 19.4. The van der Waals surface area contributed by atoms with Crippen LogP contribution in [-0.4, -0.2) is 9.78 Å². The third-order valence-corrected chi connectivity index (χ3v) is 2.87. The summed E-state index contributed by atoms with van der Waals surface area (Å²) in [5.74, 6) is 0. The summed E-state index contributed by atoms with van der Waals surface area (Å²) in [6.45, 7) is 1.71. The largest absolute Gasteiger partial charge is 0.416 e. The average Bonchev–Trinajstić information content (AvgIpc) is 2.82. The second-order valence-corrected chi connectivity index (χ2v) is 4.18. The first kappa shape index (κ1) is 14.5. The number of benzene rings is 1. The third-order valence-electron chi connectivity index (χ3n) is 2.87. The molecule has 2 nitrogen and oxygen atoms in total. The van der Waals surface area contributed by atoms with Crippen LogP contribution in [0.2, 0.25) is 0 Å². The molecule has 0 aliphatic carbocycles. The highest BCUT2D eigenvalue weighted by Crippen LogP contribution is 2.30. The molecule has 0 atom stereocenters. The molecule has 0 bridgehead atoms. The number of aromatic nitrogens is 2. The summed E-state index contributed by atoms with van der Waals surface area (Å²) in [5, 5.41) is 3.73. The Labute approximate surface area is 111 Å². The molecule has 0 fully saturated rings. The topological polar surface area (TPSA) is 17.8 Å². The summed E-state index contributed by atoms with van der Waals surface area (Å²) in [4.78, 5) is 0. The van der Waals surface area contributed by atoms with Gasteiger partial charge in [0.1, 0.15) is 5.69 Å². The Balaban J connectivity index is 2.37. The van der Waals surface area contributed by atoms with Crippen LogP contribution in [-0.2, 0) is 12.6 Å². The van der Waals surface area contributed by atoms with Crippen LogP contribution in [0, 0.1) is 0 Å². The molecular formula is C13H11F5N2. The quantitative estimate of drug-likeness (QED) is 0.766. The molecule has 1 heterocycles. The van der Waals surface area contributed by atoms with Crippen LogP contribution in [0.1, 0.15) is 30.2 Å². The maximum Gasteiger partial charge on any atom is 0.416 e. The molecule has 0 aliphatic rings. The number of aryl methyl sites for hydroxylation is 1. The SMILES string of the molecule is CCc1cn(-c2ccc(C(F)(F)F)cc2)nc1C(F)F. The smallest absolute Gasteiger partial charge is 0.240 e. The fourth-order valence-electron chi connectivity index (χ4n) is 1.81. The van der Waals surface area contributed by atoms with Crippen molar-refractivity contribution < 1.29 is 22.0 Å². The predicted octanol–water partition coefficient (Wildman–Crippen LogP) is 4.39. The molecule has 1 aromatic heterocycles. The fourth-order valence-corrected chi connectivity index (χ4v) is 1.81. The van der Waals surface area contributed by atoms with Gasteiger partial charge in [-0.25, -0.2) is 13.5 Å². The highest BCUT2D eigenvalue weighted by Gasteiger charge is 2.30. The monoisotopic (exact) mass is 290 g/mol. The van der Waals surface area contributed by atoms with Gasteiger partial charge in [0.15, 0.2) is 0 Å². The molecule has 0 N–H and O–H groups in total. The fraction of sp³-hybridized carbons (Fsp3) is 0.308. The molecular weight excluding hydrogens is 279 g/mol. The van der Waals surface area contributed by atoms with Crippen molar-refractivity contribution in [1.82, 2.24) is 9.78 Å². The lowest BCUT2D eigenvalue weighted by Crippen LogP contribution is -2.05. The minimum atomic E-state index is -4.43. The number of rotatable bonds is 3. The Morgan fingerprint density at radius 3 is 2.15 bits per heavy atom. The molecule has 0 aliphatic heterocycles. The summed E-state index contributed by atoms with van der Waals surface area (Å²) >= 11 is 0. The first-order valence-corrected chi connectivity index (χ1v) is 5.87. The maximum atomic E-state index is 12.7. The molecule has 0 unspecified atom stereocenters. The summed E-state index contributed by atoms with van der Waals surface area (Å²) in [6, 6.07) is 4.18. The van der Waals surface area contributed by atoms with Crippen molar-refractivity contribution in [3.63, 3.8) is 0 Å². The standard InChI is InChI=1S/C13H11F5N2/c1-2-8-7-20(19-11(8)12(14)15)10-5-3-9(4-6-10)13(16,17)18/h3-7,12H,2H2,1H3. The lowest BCUT2D eigenvalue weighted by molar-refractivity contribution is -0.137. The second-order valence-electron chi connectivity index (χ2n) is 4.18. The normalized spacial score (nSPS) is 12.2. The van der Waals surface area contributed by atoms with Gasteiger partial charge < -0.3 is 0 Å². The van der Waals surface area contributed by atoms with Crippen molar-refractivity contribution in [2.24, 2.45) is 0 Å². The second kappa shape index (κ2) is 5.22. The van der Waals surface area contributed by atoms with E-state index in [0.717, 1.165) is 12.1 Å². The van der Waals surface area contributed by atoms with Crippen molar-refractivity contribution in [3.05, 3.63) is 47.3 Å². The first-order chi connectivity index (χ1) is 9.32. The van der Waals surface area contributed by atoms with Crippen LogP contribution in [0.5, 0.6) is 0 Å². The third kappa shape index (κ3) is 2.81. The van der Waals surface area contributed by atoms with Crippen molar-refractivity contribution in [3.8, 4) is 5.69 Å². The van der Waals surface area contributed by atoms with Crippen molar-refractivity contribution in [2.45, 2.75) is 25.9 Å². The number of nitrogens with zero attached hydrogens (tertiary/aromatic N) is 2. The van der Waals surface area contributed by atoms with Crippen LogP contribution in [0.3, 0.4) is 0 Å². The van der Waals surface area contributed by atoms with E-state index in [1.165, 1.54) is 23.0 Å². The lowest BCUT2D eigenvalue weighted by Gasteiger charge is -2.07. The number of alkyl halides is 5. The zero-order valence-electron chi connectivity index (χ0n) is 10.5. The molecule has 0 saturated heterocycles. The average molecular weight is 290 g/mol. The number of halogens is 5. The van der Waals surface area contributed by atoms with Gasteiger partial charge in [-0.15, -0.1) is 0 Å². The van der Waals surface area contributed by atoms with Gasteiger partial charge in [0.2, 0.25) is 0 Å². The minimum absolute atomic E-state index is 0.305. The van der Waals surface area contributed by atoms with Gasteiger partial charge in [0.05, 0.1) is 11.3 Å². The van der Waals surface area contributed by atoms with E-state index in [9.17, 15) is 22.0 Å². The summed E-state index contributed by atoms with van der Waals surface area (Å²) < 4.78 is 63.9. The highest BCUT2D eigenvalue weighted by molar-refractivity contribution is 5.36. The van der Waals surface area contributed by atoms with E-state index in [1.54, 1.807) is 6.92 Å². The van der Waals surface area contributed by atoms with E-state index in [1.807, 2.05) is 0 Å². The Kier molecular flexibility index (Phi) is 3.78. The summed E-state index contributed by atoms with van der Waals surface area (Å²) in [5.41, 5.74) is -0.454. The molecule has 2 aromatic rings. The van der Waals surface area contributed by atoms with Crippen LogP contribution in [0.15, 0.2) is 30.5 Å². The van der Waals surface area contributed by atoms with Crippen molar-refractivity contribution >= 4 is 0 Å². The van der Waals surface area contributed by atoms with Gasteiger partial charge in [0, 0.05) is 6.20 Å². The van der Waals surface area contributed by atoms with Crippen LogP contribution < -0.4 is 0 Å². The van der Waals surface area contributed by atoms with Gasteiger partial charge in [-0.2, -0.15) is 18.3 Å². The molecule has 0 spiro atoms. The van der Waals surface area contributed by atoms with E-state index >= 15 is 0 Å². The van der Waals surface area contributed by atoms with Gasteiger partial charge in [-0.3, -0.25) is 0 Å². The zero-order chi connectivity index (χ0) is 14.9. The van der Waals surface area contributed by atoms with Gasteiger partial charge in [-0.1, -0.05) is 6.92 Å². The molecule has 0 saturated carbocycles. The number of hydrogen-bond donors (Lipinski definition) is 0. The molecule has 20 heavy (non-hydrogen) atoms. The van der Waals surface area contributed by atoms with Crippen molar-refractivity contribution in [1.29, 1.82) is 0 Å². The molecule has 0 amide bonds. The van der Waals surface area contributed by atoms with Crippen LogP contribution >= 0.6 is 0 Å². The molecule has 0 radical (unpaired) electrons. The molecule has 108 valence electrons. The minimum Gasteiger partial charge on any atom is -0.240 e. The Morgan fingerprint density at radius 1 is 1.15 bits per heavy atom. The molecule has 2 rings (SSSR count). The molecule has 1 aromatic carbocycles. The van der Waals surface area contributed by atoms with Crippen LogP contribution in [0.25, 0.3) is 5.69 Å². The Bertz CT molecular complexity index is 584. The van der Waals surface area contributed by atoms with Crippen LogP contribution in [0.4, 0.5) is 22.0 Å². The van der Waals surface area contributed by atoms with E-state index in [0.29, 0.717) is 17.7 Å². The van der Waals surface area contributed by atoms with E-state index in [2.05, 4.69) is 5.10 Å². The first-order valence-electron chi connectivity index (χ1n) is 5.87. The Morgan fingerprint density at radius 2 is 1.75 bits per heavy atom. The van der Waals surface area contributed by atoms with Gasteiger partial charge >= 0.3 is 6.18 Å². The van der Waals surface area contributed by atoms with Crippen molar-refractivity contribution in [2.75, 3.05) is 0 Å². The zero-order valence-corrected chi connectivity index (χ0v) is 10.5. The van der Waals surface area contributed by atoms with E-state index in [-0.39, 0.29) is 5.69 Å². The van der Waals surface area contributed by atoms with E-state index in [4.69, 9.17) is 0 Å². The Hall–Kier alpha value is -1.92. The van der Waals surface area contributed by atoms with Gasteiger partial charge in [0.25, 0.3) is 6.43 Å². The lowest BCUT2D eigenvalue weighted by atomic mass is 10.2. The summed E-state index contributed by atoms with van der Waals surface area (Å²) in [7, 11) is 0. The summed E-state index contributed by atoms with van der Waals surface area (Å²) in [6.07, 6.45) is -5.35. The maximum absolute atomic E-state index is 12.7. The predicted molar refractivity (Wildman–Crippen MR) is 62.9 cm³/mol.